The predicted molar refractivity (Wildman–Crippen MR) is 137 cm³/mol. The number of anilines is 3. The van der Waals surface area contributed by atoms with Gasteiger partial charge >= 0.3 is 11.9 Å². The highest BCUT2D eigenvalue weighted by Crippen LogP contribution is 2.57. The van der Waals surface area contributed by atoms with Crippen molar-refractivity contribution in [2.24, 2.45) is 13.0 Å². The van der Waals surface area contributed by atoms with E-state index in [1.165, 1.54) is 7.05 Å². The molecule has 2 atom stereocenters. The van der Waals surface area contributed by atoms with Gasteiger partial charge in [-0.05, 0) is 81.0 Å². The van der Waals surface area contributed by atoms with Crippen molar-refractivity contribution >= 4 is 17.5 Å². The molecule has 15 heteroatoms. The number of piperidine rings is 1. The van der Waals surface area contributed by atoms with Gasteiger partial charge in [0, 0.05) is 24.2 Å². The normalized spacial score (nSPS) is 22.2. The van der Waals surface area contributed by atoms with E-state index in [0.717, 1.165) is 27.7 Å². The maximum absolute atomic E-state index is 15.2. The van der Waals surface area contributed by atoms with E-state index < -0.39 is 35.3 Å². The van der Waals surface area contributed by atoms with Crippen LogP contribution < -0.4 is 21.6 Å². The fraction of sp³-hybridized carbons (Fsp3) is 0.560. The second kappa shape index (κ2) is 9.49. The second-order valence-electron chi connectivity index (χ2n) is 11.8. The maximum atomic E-state index is 15.2. The van der Waals surface area contributed by atoms with Crippen LogP contribution in [0.4, 0.5) is 39.4 Å². The van der Waals surface area contributed by atoms with E-state index in [1.54, 1.807) is 0 Å². The number of rotatable bonds is 6. The quantitative estimate of drug-likeness (QED) is 0.381. The van der Waals surface area contributed by atoms with Crippen LogP contribution in [0, 0.1) is 17.6 Å². The van der Waals surface area contributed by atoms with Gasteiger partial charge in [0.15, 0.2) is 11.6 Å². The monoisotopic (exact) mass is 567 g/mol. The van der Waals surface area contributed by atoms with Crippen LogP contribution in [0.3, 0.4) is 0 Å². The average molecular weight is 568 g/mol. The Labute approximate surface area is 226 Å². The summed E-state index contributed by atoms with van der Waals surface area (Å²) in [6.45, 7) is 8.21. The zero-order valence-corrected chi connectivity index (χ0v) is 22.6. The van der Waals surface area contributed by atoms with Crippen LogP contribution in [0.1, 0.15) is 58.4 Å². The minimum atomic E-state index is -4.47. The first kappa shape index (κ1) is 27.9. The first-order chi connectivity index (χ1) is 18.5. The van der Waals surface area contributed by atoms with Gasteiger partial charge in [0.2, 0.25) is 5.95 Å². The fourth-order valence-corrected chi connectivity index (χ4v) is 5.79. The molecule has 2 unspecified atom stereocenters. The van der Waals surface area contributed by atoms with Crippen molar-refractivity contribution in [2.45, 2.75) is 76.2 Å². The summed E-state index contributed by atoms with van der Waals surface area (Å²) in [6, 6.07) is 1.98. The molecule has 2 fully saturated rings. The van der Waals surface area contributed by atoms with Crippen LogP contribution in [0.5, 0.6) is 0 Å². The number of aryl methyl sites for hydroxylation is 1. The lowest BCUT2D eigenvalue weighted by Gasteiger charge is -2.46. The molecule has 1 aliphatic heterocycles. The highest BCUT2D eigenvalue weighted by Gasteiger charge is 2.57. The van der Waals surface area contributed by atoms with Crippen molar-refractivity contribution < 1.29 is 22.0 Å². The highest BCUT2D eigenvalue weighted by molar-refractivity contribution is 5.63. The van der Waals surface area contributed by atoms with Gasteiger partial charge in [0.25, 0.3) is 0 Å². The van der Waals surface area contributed by atoms with Crippen molar-refractivity contribution in [1.82, 2.24) is 35.1 Å². The number of halogens is 5. The molecule has 0 amide bonds. The first-order valence-corrected chi connectivity index (χ1v) is 12.8. The lowest BCUT2D eigenvalue weighted by Crippen LogP contribution is -2.60. The third-order valence-electron chi connectivity index (χ3n) is 7.20. The third kappa shape index (κ3) is 5.64. The molecule has 1 aliphatic carbocycles. The van der Waals surface area contributed by atoms with Crippen LogP contribution in [0.25, 0.3) is 5.69 Å². The van der Waals surface area contributed by atoms with E-state index in [4.69, 9.17) is 0 Å². The van der Waals surface area contributed by atoms with Gasteiger partial charge in [0.05, 0.1) is 23.5 Å². The molecule has 5 rings (SSSR count). The van der Waals surface area contributed by atoms with E-state index in [9.17, 15) is 22.4 Å². The van der Waals surface area contributed by atoms with Gasteiger partial charge < -0.3 is 16.0 Å². The Morgan fingerprint density at radius 3 is 2.30 bits per heavy atom. The number of tetrazole rings is 1. The summed E-state index contributed by atoms with van der Waals surface area (Å²) in [5, 5.41) is 16.7. The molecule has 1 saturated carbocycles. The van der Waals surface area contributed by atoms with Crippen LogP contribution in [0.2, 0.25) is 0 Å². The Balaban J connectivity index is 1.46. The topological polar surface area (TPSA) is 115 Å². The van der Waals surface area contributed by atoms with Crippen LogP contribution in [0.15, 0.2) is 23.1 Å². The molecule has 0 bridgehead atoms. The number of nitrogens with one attached hydrogen (secondary N) is 3. The van der Waals surface area contributed by atoms with Crippen molar-refractivity contribution in [3.05, 3.63) is 46.0 Å². The molecule has 216 valence electrons. The third-order valence-corrected chi connectivity index (χ3v) is 7.20. The van der Waals surface area contributed by atoms with E-state index in [0.29, 0.717) is 12.8 Å². The summed E-state index contributed by atoms with van der Waals surface area (Å²) in [7, 11) is 1.33. The van der Waals surface area contributed by atoms with Crippen molar-refractivity contribution in [2.75, 3.05) is 10.6 Å². The van der Waals surface area contributed by atoms with Crippen LogP contribution >= 0.6 is 0 Å². The number of aromatic nitrogens is 6. The predicted octanol–water partition coefficient (Wildman–Crippen LogP) is 4.16. The zero-order valence-electron chi connectivity index (χ0n) is 22.6. The molecule has 1 saturated heterocycles. The first-order valence-electron chi connectivity index (χ1n) is 12.8. The summed E-state index contributed by atoms with van der Waals surface area (Å²) >= 11 is 0. The highest BCUT2D eigenvalue weighted by atomic mass is 19.4. The maximum Gasteiger partial charge on any atom is 0.392 e. The number of hydrogen-bond donors (Lipinski definition) is 3. The molecular formula is C25H30F5N9O. The molecule has 3 aromatic rings. The van der Waals surface area contributed by atoms with Crippen molar-refractivity contribution in [1.29, 1.82) is 0 Å². The minimum Gasteiger partial charge on any atom is -0.365 e. The van der Waals surface area contributed by atoms with Crippen molar-refractivity contribution in [3.8, 4) is 5.69 Å². The Morgan fingerprint density at radius 2 is 1.73 bits per heavy atom. The van der Waals surface area contributed by atoms with E-state index in [1.807, 2.05) is 0 Å². The minimum absolute atomic E-state index is 0.0218. The largest absolute Gasteiger partial charge is 0.392 e. The standard InChI is InChI=1S/C25H30F5N9O/c1-23(2)9-12(10-24(3,4)35-23)32-20-17(27)11-31-21(34-20)33-18-8-19(39-22(40)38(5)36-37-39)14(7-16(18)26)13-6-15(13)25(28,29)30/h7-8,11-13,15,35H,6,9-10H2,1-5H3,(H2,31,32,33,34). The van der Waals surface area contributed by atoms with Gasteiger partial charge in [-0.25, -0.2) is 18.6 Å². The molecule has 10 nitrogen and oxygen atoms in total. The Morgan fingerprint density at radius 1 is 1.05 bits per heavy atom. The summed E-state index contributed by atoms with van der Waals surface area (Å²) in [5.41, 5.74) is -1.46. The van der Waals surface area contributed by atoms with Gasteiger partial charge in [-0.1, -0.05) is 0 Å². The smallest absolute Gasteiger partial charge is 0.365 e. The molecule has 0 spiro atoms. The Hall–Kier alpha value is -3.62. The lowest BCUT2D eigenvalue weighted by molar-refractivity contribution is -0.148. The number of hydrogen-bond acceptors (Lipinski definition) is 8. The molecule has 1 aromatic carbocycles. The molecule has 2 aromatic heterocycles. The van der Waals surface area contributed by atoms with Gasteiger partial charge in [0.1, 0.15) is 5.82 Å². The van der Waals surface area contributed by atoms with Crippen LogP contribution in [-0.2, 0) is 7.05 Å². The van der Waals surface area contributed by atoms with E-state index >= 15 is 4.39 Å². The molecule has 40 heavy (non-hydrogen) atoms. The van der Waals surface area contributed by atoms with Gasteiger partial charge in [-0.2, -0.15) is 27.5 Å². The summed E-state index contributed by atoms with van der Waals surface area (Å²) < 4.78 is 71.6. The molecule has 0 radical (unpaired) electrons. The Kier molecular flexibility index (Phi) is 6.63. The zero-order chi connectivity index (χ0) is 29.2. The lowest BCUT2D eigenvalue weighted by atomic mass is 9.79. The second-order valence-corrected chi connectivity index (χ2v) is 11.8. The molecule has 3 N–H and O–H groups in total. The number of alkyl halides is 3. The average Bonchev–Trinajstić information content (AvgIpc) is 3.56. The molecular weight excluding hydrogens is 537 g/mol. The Bertz CT molecular complexity index is 1480. The SMILES string of the molecule is Cn1nnn(-c2cc(Nc3ncc(F)c(NC4CC(C)(C)NC(C)(C)C4)n3)c(F)cc2C2CC2C(F)(F)F)c1=O. The van der Waals surface area contributed by atoms with Crippen LogP contribution in [-0.4, -0.2) is 53.1 Å². The number of benzene rings is 1. The summed E-state index contributed by atoms with van der Waals surface area (Å²) in [4.78, 5) is 20.6. The fourth-order valence-electron chi connectivity index (χ4n) is 5.79. The number of nitrogens with zero attached hydrogens (tertiary/aromatic N) is 6. The molecule has 2 aliphatic rings. The summed E-state index contributed by atoms with van der Waals surface area (Å²) in [6.07, 6.45) is -2.39. The summed E-state index contributed by atoms with van der Waals surface area (Å²) in [5.74, 6) is -4.52. The van der Waals surface area contributed by atoms with Gasteiger partial charge in [-0.3, -0.25) is 0 Å². The van der Waals surface area contributed by atoms with Gasteiger partial charge in [-0.15, -0.1) is 0 Å². The molecule has 3 heterocycles. The van der Waals surface area contributed by atoms with Crippen molar-refractivity contribution in [3.63, 3.8) is 0 Å². The van der Waals surface area contributed by atoms with E-state index in [2.05, 4.69) is 64.0 Å². The van der Waals surface area contributed by atoms with E-state index in [-0.39, 0.29) is 52.2 Å².